The molecule has 2 rings (SSSR count). The van der Waals surface area contributed by atoms with Gasteiger partial charge in [-0.2, -0.15) is 0 Å². The number of carbonyl (C=O) groups is 1. The number of rotatable bonds is 9. The van der Waals surface area contributed by atoms with E-state index >= 15 is 0 Å². The van der Waals surface area contributed by atoms with E-state index in [2.05, 4.69) is 37.9 Å². The Labute approximate surface area is 197 Å². The topological polar surface area (TPSA) is 88.5 Å². The van der Waals surface area contributed by atoms with Gasteiger partial charge < -0.3 is 15.4 Å². The Morgan fingerprint density at radius 2 is 2.07 bits per heavy atom. The predicted molar refractivity (Wildman–Crippen MR) is 131 cm³/mol. The van der Waals surface area contributed by atoms with E-state index in [0.717, 1.165) is 41.1 Å². The van der Waals surface area contributed by atoms with Gasteiger partial charge in [0.1, 0.15) is 9.88 Å². The molecule has 0 aliphatic carbocycles. The Kier molecular flexibility index (Phi) is 11.7. The first-order valence-electron chi connectivity index (χ1n) is 9.60. The lowest BCUT2D eigenvalue weighted by Crippen LogP contribution is -2.38. The fraction of sp³-hybridized carbons (Fsp3) is 0.579. The van der Waals surface area contributed by atoms with Crippen LogP contribution in [0.15, 0.2) is 10.4 Å². The Morgan fingerprint density at radius 3 is 2.69 bits per heavy atom. The van der Waals surface area contributed by atoms with Crippen molar-refractivity contribution in [2.45, 2.75) is 53.5 Å². The molecule has 2 aromatic heterocycles. The summed E-state index contributed by atoms with van der Waals surface area (Å²) in [6.07, 6.45) is 1.78. The van der Waals surface area contributed by atoms with Crippen molar-refractivity contribution in [1.82, 2.24) is 20.6 Å². The number of aryl methyl sites for hydroxylation is 2. The number of thiazole rings is 2. The summed E-state index contributed by atoms with van der Waals surface area (Å²) in [6.45, 7) is 11.6. The van der Waals surface area contributed by atoms with Gasteiger partial charge in [0.25, 0.3) is 0 Å². The number of carbonyl (C=O) groups excluding carboxylic acids is 1. The van der Waals surface area contributed by atoms with Crippen molar-refractivity contribution in [3.05, 3.63) is 31.7 Å². The number of aromatic nitrogens is 2. The van der Waals surface area contributed by atoms with Gasteiger partial charge in [-0.3, -0.25) is 4.99 Å². The standard InChI is InChI=1S/C19H29N5O2S2.HI/c1-6-15-24-14(11-27-15)9-10-21-19(20-7-2)23-13(5)17-22-12(4)16(28-17)18(25)26-8-3;/h11,13H,6-10H2,1-5H3,(H2,20,21,23);1H. The lowest BCUT2D eigenvalue weighted by molar-refractivity contribution is 0.0531. The van der Waals surface area contributed by atoms with Gasteiger partial charge in [0.05, 0.1) is 29.0 Å². The Hall–Kier alpha value is -1.27. The number of guanidine groups is 1. The van der Waals surface area contributed by atoms with Crippen LogP contribution in [-0.4, -0.2) is 41.6 Å². The number of nitrogens with zero attached hydrogens (tertiary/aromatic N) is 3. The SMILES string of the molecule is CCNC(=NCCc1csc(CC)n1)NC(C)c1nc(C)c(C(=O)OCC)s1.I. The zero-order valence-corrected chi connectivity index (χ0v) is 21.5. The molecule has 1 atom stereocenters. The van der Waals surface area contributed by atoms with Crippen LogP contribution in [0.1, 0.15) is 64.8 Å². The molecule has 2 N–H and O–H groups in total. The van der Waals surface area contributed by atoms with Crippen molar-refractivity contribution in [3.8, 4) is 0 Å². The van der Waals surface area contributed by atoms with E-state index in [9.17, 15) is 4.79 Å². The molecule has 2 aromatic rings. The number of hydrogen-bond acceptors (Lipinski definition) is 7. The third-order valence-electron chi connectivity index (χ3n) is 3.88. The highest BCUT2D eigenvalue weighted by atomic mass is 127. The van der Waals surface area contributed by atoms with Gasteiger partial charge in [-0.15, -0.1) is 46.7 Å². The van der Waals surface area contributed by atoms with Gasteiger partial charge in [0.2, 0.25) is 0 Å². The Bertz CT molecular complexity index is 806. The molecule has 0 fully saturated rings. The van der Waals surface area contributed by atoms with Gasteiger partial charge >= 0.3 is 5.97 Å². The van der Waals surface area contributed by atoms with Crippen molar-refractivity contribution in [3.63, 3.8) is 0 Å². The van der Waals surface area contributed by atoms with Gasteiger partial charge in [-0.05, 0) is 34.1 Å². The lowest BCUT2D eigenvalue weighted by Gasteiger charge is -2.15. The minimum atomic E-state index is -0.314. The van der Waals surface area contributed by atoms with Crippen LogP contribution in [0, 0.1) is 6.92 Å². The summed E-state index contributed by atoms with van der Waals surface area (Å²) in [5.74, 6) is 0.415. The largest absolute Gasteiger partial charge is 0.462 e. The molecule has 0 aliphatic heterocycles. The highest BCUT2D eigenvalue weighted by Gasteiger charge is 2.20. The van der Waals surface area contributed by atoms with E-state index in [-0.39, 0.29) is 36.0 Å². The summed E-state index contributed by atoms with van der Waals surface area (Å²) in [6, 6.07) is -0.0735. The van der Waals surface area contributed by atoms with Crippen LogP contribution in [0.25, 0.3) is 0 Å². The number of halogens is 1. The van der Waals surface area contributed by atoms with Gasteiger partial charge in [0, 0.05) is 24.9 Å². The van der Waals surface area contributed by atoms with Crippen LogP contribution >= 0.6 is 46.7 Å². The van der Waals surface area contributed by atoms with Gasteiger partial charge in [0.15, 0.2) is 5.96 Å². The summed E-state index contributed by atoms with van der Waals surface area (Å²) < 4.78 is 5.10. The van der Waals surface area contributed by atoms with E-state index in [0.29, 0.717) is 23.7 Å². The molecule has 0 amide bonds. The van der Waals surface area contributed by atoms with E-state index < -0.39 is 0 Å². The average molecular weight is 552 g/mol. The van der Waals surface area contributed by atoms with E-state index in [1.54, 1.807) is 18.3 Å². The molecule has 0 saturated carbocycles. The molecule has 2 heterocycles. The molecule has 10 heteroatoms. The third kappa shape index (κ3) is 7.82. The number of nitrogens with one attached hydrogen (secondary N) is 2. The molecule has 0 bridgehead atoms. The van der Waals surface area contributed by atoms with Crippen molar-refractivity contribution in [2.24, 2.45) is 4.99 Å². The number of esters is 1. The molecule has 0 saturated heterocycles. The Morgan fingerprint density at radius 1 is 1.31 bits per heavy atom. The van der Waals surface area contributed by atoms with E-state index in [1.165, 1.54) is 11.3 Å². The summed E-state index contributed by atoms with van der Waals surface area (Å²) in [5.41, 5.74) is 1.79. The zero-order valence-electron chi connectivity index (χ0n) is 17.6. The monoisotopic (exact) mass is 551 g/mol. The molecule has 1 unspecified atom stereocenters. The average Bonchev–Trinajstić information content (AvgIpc) is 3.28. The second-order valence-corrected chi connectivity index (χ2v) is 8.12. The molecule has 162 valence electrons. The maximum atomic E-state index is 12.0. The second kappa shape index (κ2) is 13.1. The van der Waals surface area contributed by atoms with Gasteiger partial charge in [-0.25, -0.2) is 14.8 Å². The number of aliphatic imine (C=N–C) groups is 1. The van der Waals surface area contributed by atoms with E-state index in [4.69, 9.17) is 4.74 Å². The maximum Gasteiger partial charge on any atom is 0.350 e. The number of ether oxygens (including phenoxy) is 1. The minimum Gasteiger partial charge on any atom is -0.462 e. The fourth-order valence-corrected chi connectivity index (χ4v) is 4.23. The first-order valence-corrected chi connectivity index (χ1v) is 11.3. The fourth-order valence-electron chi connectivity index (χ4n) is 2.48. The first kappa shape index (κ1) is 25.8. The smallest absolute Gasteiger partial charge is 0.350 e. The summed E-state index contributed by atoms with van der Waals surface area (Å²) in [4.78, 5) is 26.3. The zero-order chi connectivity index (χ0) is 20.5. The maximum absolute atomic E-state index is 12.0. The summed E-state index contributed by atoms with van der Waals surface area (Å²) in [7, 11) is 0. The summed E-state index contributed by atoms with van der Waals surface area (Å²) in [5, 5.41) is 10.7. The molecule has 7 nitrogen and oxygen atoms in total. The predicted octanol–water partition coefficient (Wildman–Crippen LogP) is 4.12. The third-order valence-corrected chi connectivity index (χ3v) is 6.24. The molecule has 0 aliphatic rings. The van der Waals surface area contributed by atoms with Crippen molar-refractivity contribution < 1.29 is 9.53 Å². The van der Waals surface area contributed by atoms with Crippen LogP contribution in [0.2, 0.25) is 0 Å². The normalized spacial score (nSPS) is 12.2. The van der Waals surface area contributed by atoms with E-state index in [1.807, 2.05) is 20.8 Å². The molecular weight excluding hydrogens is 521 g/mol. The summed E-state index contributed by atoms with van der Waals surface area (Å²) >= 11 is 3.06. The second-order valence-electron chi connectivity index (χ2n) is 6.15. The van der Waals surface area contributed by atoms with Crippen LogP contribution in [0.5, 0.6) is 0 Å². The quantitative estimate of drug-likeness (QED) is 0.211. The van der Waals surface area contributed by atoms with Crippen LogP contribution in [0.4, 0.5) is 0 Å². The molecule has 0 spiro atoms. The highest BCUT2D eigenvalue weighted by molar-refractivity contribution is 14.0. The lowest BCUT2D eigenvalue weighted by atomic mass is 10.3. The minimum absolute atomic E-state index is 0. The van der Waals surface area contributed by atoms with Crippen LogP contribution in [0.3, 0.4) is 0 Å². The first-order chi connectivity index (χ1) is 13.5. The highest BCUT2D eigenvalue weighted by Crippen LogP contribution is 2.24. The van der Waals surface area contributed by atoms with Crippen LogP contribution in [-0.2, 0) is 17.6 Å². The van der Waals surface area contributed by atoms with Crippen LogP contribution < -0.4 is 10.6 Å². The van der Waals surface area contributed by atoms with Crippen molar-refractivity contribution >= 4 is 58.6 Å². The molecular formula is C19H30IN5O2S2. The molecule has 0 radical (unpaired) electrons. The molecule has 29 heavy (non-hydrogen) atoms. The number of hydrogen-bond donors (Lipinski definition) is 2. The van der Waals surface area contributed by atoms with Gasteiger partial charge in [-0.1, -0.05) is 6.92 Å². The van der Waals surface area contributed by atoms with Crippen molar-refractivity contribution in [1.29, 1.82) is 0 Å². The molecule has 0 aromatic carbocycles. The van der Waals surface area contributed by atoms with Crippen molar-refractivity contribution in [2.75, 3.05) is 19.7 Å². The Balaban J connectivity index is 0.00000420.